The van der Waals surface area contributed by atoms with Crippen LogP contribution in [0.1, 0.15) is 37.7 Å². The first kappa shape index (κ1) is 19.1. The van der Waals surface area contributed by atoms with E-state index in [4.69, 9.17) is 14.1 Å². The number of H-pyrrole nitrogens is 1. The summed E-state index contributed by atoms with van der Waals surface area (Å²) in [5, 5.41) is 4.09. The Labute approximate surface area is 169 Å². The molecule has 6 heteroatoms. The van der Waals surface area contributed by atoms with Gasteiger partial charge in [0.1, 0.15) is 17.2 Å². The van der Waals surface area contributed by atoms with Crippen LogP contribution < -0.4 is 10.1 Å². The molecule has 2 N–H and O–H groups in total. The summed E-state index contributed by atoms with van der Waals surface area (Å²) in [5.41, 5.74) is 3.44. The van der Waals surface area contributed by atoms with E-state index in [-0.39, 0.29) is 24.3 Å². The van der Waals surface area contributed by atoms with Crippen molar-refractivity contribution < 1.29 is 13.9 Å². The highest BCUT2D eigenvalue weighted by Crippen LogP contribution is 2.27. The molecule has 0 aliphatic heterocycles. The summed E-state index contributed by atoms with van der Waals surface area (Å²) in [4.78, 5) is 20.9. The molecule has 6 nitrogen and oxygen atoms in total. The Balaban J connectivity index is 1.55. The zero-order valence-electron chi connectivity index (χ0n) is 16.9. The smallest absolute Gasteiger partial charge is 0.225 e. The number of methoxy groups -OCH3 is 1. The minimum absolute atomic E-state index is 0.0609. The van der Waals surface area contributed by atoms with Crippen LogP contribution in [-0.2, 0) is 11.2 Å². The molecule has 2 aromatic carbocycles. The van der Waals surface area contributed by atoms with Crippen molar-refractivity contribution in [3.05, 3.63) is 60.1 Å². The van der Waals surface area contributed by atoms with E-state index in [2.05, 4.69) is 24.1 Å². The highest BCUT2D eigenvalue weighted by atomic mass is 16.5. The van der Waals surface area contributed by atoms with Gasteiger partial charge in [-0.15, -0.1) is 0 Å². The number of carbonyl (C=O) groups is 1. The SMILES string of the molecule is CCC(C)C(NC(=O)Cc1coc2cc(OC)ccc12)c1nc2ccccc2[nH]1. The van der Waals surface area contributed by atoms with E-state index in [0.29, 0.717) is 5.58 Å². The van der Waals surface area contributed by atoms with Gasteiger partial charge in [-0.25, -0.2) is 4.98 Å². The van der Waals surface area contributed by atoms with Gasteiger partial charge in [-0.3, -0.25) is 4.79 Å². The second-order valence-corrected chi connectivity index (χ2v) is 7.37. The van der Waals surface area contributed by atoms with Crippen LogP contribution in [-0.4, -0.2) is 23.0 Å². The molecule has 29 heavy (non-hydrogen) atoms. The first-order valence-corrected chi connectivity index (χ1v) is 9.87. The normalized spacial score (nSPS) is 13.5. The third-order valence-electron chi connectivity index (χ3n) is 5.45. The van der Waals surface area contributed by atoms with Gasteiger partial charge in [-0.2, -0.15) is 0 Å². The lowest BCUT2D eigenvalue weighted by molar-refractivity contribution is -0.121. The number of nitrogens with one attached hydrogen (secondary N) is 2. The molecule has 2 heterocycles. The minimum Gasteiger partial charge on any atom is -0.497 e. The summed E-state index contributed by atoms with van der Waals surface area (Å²) in [6, 6.07) is 13.3. The number of hydrogen-bond acceptors (Lipinski definition) is 4. The average molecular weight is 391 g/mol. The van der Waals surface area contributed by atoms with Gasteiger partial charge in [0.25, 0.3) is 0 Å². The molecule has 0 aliphatic carbocycles. The number of aromatic nitrogens is 2. The molecule has 2 atom stereocenters. The fraction of sp³-hybridized carbons (Fsp3) is 0.304. The first-order chi connectivity index (χ1) is 14.1. The van der Waals surface area contributed by atoms with E-state index < -0.39 is 0 Å². The van der Waals surface area contributed by atoms with Crippen molar-refractivity contribution >= 4 is 27.9 Å². The van der Waals surface area contributed by atoms with Crippen molar-refractivity contribution in [1.82, 2.24) is 15.3 Å². The maximum absolute atomic E-state index is 12.9. The van der Waals surface area contributed by atoms with E-state index in [9.17, 15) is 4.79 Å². The molecule has 0 aliphatic rings. The van der Waals surface area contributed by atoms with Crippen LogP contribution in [0.2, 0.25) is 0 Å². The first-order valence-electron chi connectivity index (χ1n) is 9.87. The number of carbonyl (C=O) groups excluding carboxylic acids is 1. The highest BCUT2D eigenvalue weighted by Gasteiger charge is 2.24. The molecular formula is C23H25N3O3. The van der Waals surface area contributed by atoms with Crippen LogP contribution in [0.4, 0.5) is 0 Å². The van der Waals surface area contributed by atoms with Crippen molar-refractivity contribution in [1.29, 1.82) is 0 Å². The summed E-state index contributed by atoms with van der Waals surface area (Å²) in [6.07, 6.45) is 2.81. The average Bonchev–Trinajstić information content (AvgIpc) is 3.35. The molecule has 0 radical (unpaired) electrons. The van der Waals surface area contributed by atoms with Crippen LogP contribution in [0, 0.1) is 5.92 Å². The number of para-hydroxylation sites is 2. The number of benzene rings is 2. The number of amides is 1. The largest absolute Gasteiger partial charge is 0.497 e. The van der Waals surface area contributed by atoms with Gasteiger partial charge < -0.3 is 19.5 Å². The third-order valence-corrected chi connectivity index (χ3v) is 5.45. The van der Waals surface area contributed by atoms with Crippen molar-refractivity contribution in [2.75, 3.05) is 7.11 Å². The van der Waals surface area contributed by atoms with Crippen molar-refractivity contribution in [2.24, 2.45) is 5.92 Å². The molecule has 4 aromatic rings. The fourth-order valence-electron chi connectivity index (χ4n) is 3.56. The summed E-state index contributed by atoms with van der Waals surface area (Å²) in [5.74, 6) is 1.69. The third kappa shape index (κ3) is 3.83. The Morgan fingerprint density at radius 1 is 1.28 bits per heavy atom. The Bertz CT molecular complexity index is 1110. The van der Waals surface area contributed by atoms with Gasteiger partial charge in [0, 0.05) is 17.0 Å². The van der Waals surface area contributed by atoms with Crippen LogP contribution >= 0.6 is 0 Å². The van der Waals surface area contributed by atoms with Crippen molar-refractivity contribution in [2.45, 2.75) is 32.7 Å². The number of rotatable bonds is 7. The van der Waals surface area contributed by atoms with Crippen LogP contribution in [0.5, 0.6) is 5.75 Å². The van der Waals surface area contributed by atoms with Crippen LogP contribution in [0.15, 0.2) is 53.1 Å². The number of furan rings is 1. The monoisotopic (exact) mass is 391 g/mol. The predicted molar refractivity (Wildman–Crippen MR) is 113 cm³/mol. The molecule has 1 amide bonds. The Hall–Kier alpha value is -3.28. The van der Waals surface area contributed by atoms with Crippen LogP contribution in [0.3, 0.4) is 0 Å². The van der Waals surface area contributed by atoms with E-state index in [1.54, 1.807) is 13.4 Å². The van der Waals surface area contributed by atoms with E-state index >= 15 is 0 Å². The number of imidazole rings is 1. The van der Waals surface area contributed by atoms with Gasteiger partial charge in [0.2, 0.25) is 5.91 Å². The Morgan fingerprint density at radius 2 is 2.10 bits per heavy atom. The zero-order chi connectivity index (χ0) is 20.4. The molecule has 2 aromatic heterocycles. The molecule has 2 unspecified atom stereocenters. The summed E-state index contributed by atoms with van der Waals surface area (Å²) >= 11 is 0. The molecule has 0 saturated heterocycles. The number of nitrogens with zero attached hydrogens (tertiary/aromatic N) is 1. The second-order valence-electron chi connectivity index (χ2n) is 7.37. The lowest BCUT2D eigenvalue weighted by Gasteiger charge is -2.22. The Kier molecular flexibility index (Phi) is 5.25. The number of hydrogen-bond donors (Lipinski definition) is 2. The van der Waals surface area contributed by atoms with Gasteiger partial charge in [0.15, 0.2) is 0 Å². The summed E-state index contributed by atoms with van der Waals surface area (Å²) in [6.45, 7) is 4.24. The minimum atomic E-state index is -0.182. The zero-order valence-corrected chi connectivity index (χ0v) is 16.9. The lowest BCUT2D eigenvalue weighted by atomic mass is 9.98. The lowest BCUT2D eigenvalue weighted by Crippen LogP contribution is -2.34. The molecule has 4 rings (SSSR count). The molecule has 0 fully saturated rings. The van der Waals surface area contributed by atoms with E-state index in [1.807, 2.05) is 42.5 Å². The van der Waals surface area contributed by atoms with Gasteiger partial charge in [0.05, 0.1) is 36.9 Å². The van der Waals surface area contributed by atoms with E-state index in [1.165, 1.54) is 0 Å². The maximum atomic E-state index is 12.9. The molecule has 0 saturated carbocycles. The van der Waals surface area contributed by atoms with Gasteiger partial charge >= 0.3 is 0 Å². The van der Waals surface area contributed by atoms with Crippen molar-refractivity contribution in [3.63, 3.8) is 0 Å². The maximum Gasteiger partial charge on any atom is 0.225 e. The summed E-state index contributed by atoms with van der Waals surface area (Å²) < 4.78 is 10.8. The second kappa shape index (κ2) is 7.99. The fourth-order valence-corrected chi connectivity index (χ4v) is 3.56. The van der Waals surface area contributed by atoms with Gasteiger partial charge in [-0.1, -0.05) is 32.4 Å². The van der Waals surface area contributed by atoms with Gasteiger partial charge in [-0.05, 0) is 30.2 Å². The molecule has 150 valence electrons. The summed E-state index contributed by atoms with van der Waals surface area (Å²) in [7, 11) is 1.62. The van der Waals surface area contributed by atoms with Crippen molar-refractivity contribution in [3.8, 4) is 5.75 Å². The predicted octanol–water partition coefficient (Wildman–Crippen LogP) is 4.76. The molecule has 0 spiro atoms. The molecule has 0 bridgehead atoms. The number of ether oxygens (including phenoxy) is 1. The topological polar surface area (TPSA) is 80.2 Å². The van der Waals surface area contributed by atoms with Crippen LogP contribution in [0.25, 0.3) is 22.0 Å². The Morgan fingerprint density at radius 3 is 2.86 bits per heavy atom. The quantitative estimate of drug-likeness (QED) is 0.476. The van der Waals surface area contributed by atoms with E-state index in [0.717, 1.165) is 40.0 Å². The standard InChI is InChI=1S/C23H25N3O3/c1-4-14(2)22(23-24-18-7-5-6-8-19(18)25-23)26-21(27)11-15-13-29-20-12-16(28-3)9-10-17(15)20/h5-10,12-14,22H,4,11H2,1-3H3,(H,24,25)(H,26,27). The highest BCUT2D eigenvalue weighted by molar-refractivity contribution is 5.88. The number of aromatic amines is 1. The number of fused-ring (bicyclic) bond motifs is 2. The molecular weight excluding hydrogens is 366 g/mol.